The van der Waals surface area contributed by atoms with Crippen LogP contribution in [0.15, 0.2) is 35.7 Å². The first kappa shape index (κ1) is 15.2. The number of aromatic nitrogens is 1. The molecule has 20 heavy (non-hydrogen) atoms. The van der Waals surface area contributed by atoms with Crippen molar-refractivity contribution < 1.29 is 5.11 Å². The van der Waals surface area contributed by atoms with E-state index in [-0.39, 0.29) is 11.5 Å². The van der Waals surface area contributed by atoms with Crippen molar-refractivity contribution in [1.82, 2.24) is 4.98 Å². The normalized spacial score (nSPS) is 13.4. The summed E-state index contributed by atoms with van der Waals surface area (Å²) in [6, 6.07) is 9.86. The van der Waals surface area contributed by atoms with Gasteiger partial charge in [0.25, 0.3) is 0 Å². The molecule has 2 aromatic rings. The quantitative estimate of drug-likeness (QED) is 0.879. The van der Waals surface area contributed by atoms with Gasteiger partial charge < -0.3 is 5.11 Å². The molecule has 1 heterocycles. The van der Waals surface area contributed by atoms with Crippen molar-refractivity contribution >= 4 is 11.3 Å². The smallest absolute Gasteiger partial charge is 0.0928 e. The van der Waals surface area contributed by atoms with E-state index < -0.39 is 0 Å². The van der Waals surface area contributed by atoms with Gasteiger partial charge in [0.05, 0.1) is 16.8 Å². The molecule has 0 fully saturated rings. The summed E-state index contributed by atoms with van der Waals surface area (Å²) in [5, 5.41) is 13.4. The first-order valence-corrected chi connectivity index (χ1v) is 8.02. The minimum absolute atomic E-state index is 0.123. The molecule has 0 radical (unpaired) electrons. The lowest BCUT2D eigenvalue weighted by atomic mass is 9.93. The summed E-state index contributed by atoms with van der Waals surface area (Å²) in [5.41, 5.74) is 2.29. The third-order valence-corrected chi connectivity index (χ3v) is 4.28. The second kappa shape index (κ2) is 6.51. The van der Waals surface area contributed by atoms with Crippen LogP contribution < -0.4 is 0 Å². The van der Waals surface area contributed by atoms with Crippen molar-refractivity contribution in [2.45, 2.75) is 51.6 Å². The first-order chi connectivity index (χ1) is 9.47. The zero-order chi connectivity index (χ0) is 14.6. The number of rotatable bonds is 5. The zero-order valence-corrected chi connectivity index (χ0v) is 13.3. The number of thiazole rings is 1. The molecule has 0 amide bonds. The van der Waals surface area contributed by atoms with E-state index in [4.69, 9.17) is 0 Å². The second-order valence-corrected chi connectivity index (χ2v) is 7.14. The molecule has 3 heteroatoms. The number of aliphatic hydroxyl groups is 1. The fourth-order valence-electron chi connectivity index (χ4n) is 2.06. The van der Waals surface area contributed by atoms with E-state index in [0.29, 0.717) is 0 Å². The molecule has 0 saturated heterocycles. The average Bonchev–Trinajstić information content (AvgIpc) is 2.88. The minimum Gasteiger partial charge on any atom is -0.388 e. The average molecular weight is 289 g/mol. The molecule has 1 aromatic heterocycles. The highest BCUT2D eigenvalue weighted by Crippen LogP contribution is 2.25. The van der Waals surface area contributed by atoms with Crippen LogP contribution in [0.5, 0.6) is 0 Å². The predicted octanol–water partition coefficient (Wildman–Crippen LogP) is 4.50. The standard InChI is InChI=1S/C17H23NOS/c1-17(2,3)15-12-20-16(18-15)11-7-10-14(19)13-8-5-4-6-9-13/h4-6,8-9,12,14,19H,7,10-11H2,1-3H3. The number of hydrogen-bond acceptors (Lipinski definition) is 3. The highest BCUT2D eigenvalue weighted by Gasteiger charge is 2.17. The van der Waals surface area contributed by atoms with Gasteiger partial charge in [0.15, 0.2) is 0 Å². The Morgan fingerprint density at radius 2 is 1.90 bits per heavy atom. The van der Waals surface area contributed by atoms with Crippen LogP contribution in [0.25, 0.3) is 0 Å². The third kappa shape index (κ3) is 4.15. The summed E-state index contributed by atoms with van der Waals surface area (Å²) in [7, 11) is 0. The number of benzene rings is 1. The Bertz CT molecular complexity index is 527. The molecule has 108 valence electrons. The van der Waals surface area contributed by atoms with Gasteiger partial charge in [-0.2, -0.15) is 0 Å². The van der Waals surface area contributed by atoms with E-state index in [9.17, 15) is 5.11 Å². The van der Waals surface area contributed by atoms with Crippen LogP contribution in [-0.4, -0.2) is 10.1 Å². The number of aliphatic hydroxyl groups excluding tert-OH is 1. The van der Waals surface area contributed by atoms with E-state index in [1.165, 1.54) is 10.7 Å². The van der Waals surface area contributed by atoms with Crippen molar-refractivity contribution in [3.05, 3.63) is 52.0 Å². The van der Waals surface area contributed by atoms with E-state index in [1.807, 2.05) is 30.3 Å². The van der Waals surface area contributed by atoms with E-state index in [0.717, 1.165) is 24.8 Å². The van der Waals surface area contributed by atoms with Crippen molar-refractivity contribution in [2.24, 2.45) is 0 Å². The molecule has 1 aromatic carbocycles. The Hall–Kier alpha value is -1.19. The van der Waals surface area contributed by atoms with Crippen LogP contribution in [0, 0.1) is 0 Å². The highest BCUT2D eigenvalue weighted by molar-refractivity contribution is 7.09. The van der Waals surface area contributed by atoms with E-state index >= 15 is 0 Å². The predicted molar refractivity (Wildman–Crippen MR) is 85.2 cm³/mol. The molecule has 0 aliphatic carbocycles. The topological polar surface area (TPSA) is 33.1 Å². The van der Waals surface area contributed by atoms with Crippen molar-refractivity contribution in [3.8, 4) is 0 Å². The number of hydrogen-bond donors (Lipinski definition) is 1. The highest BCUT2D eigenvalue weighted by atomic mass is 32.1. The Balaban J connectivity index is 1.83. The van der Waals surface area contributed by atoms with Gasteiger partial charge in [0.2, 0.25) is 0 Å². The van der Waals surface area contributed by atoms with Gasteiger partial charge in [-0.25, -0.2) is 4.98 Å². The Morgan fingerprint density at radius 1 is 1.20 bits per heavy atom. The zero-order valence-electron chi connectivity index (χ0n) is 12.5. The van der Waals surface area contributed by atoms with Crippen LogP contribution in [0.3, 0.4) is 0 Å². The molecule has 1 unspecified atom stereocenters. The van der Waals surface area contributed by atoms with Crippen LogP contribution in [0.4, 0.5) is 0 Å². The molecular formula is C17H23NOS. The summed E-state index contributed by atoms with van der Waals surface area (Å²) < 4.78 is 0. The largest absolute Gasteiger partial charge is 0.388 e. The van der Waals surface area contributed by atoms with Crippen molar-refractivity contribution in [3.63, 3.8) is 0 Å². The van der Waals surface area contributed by atoms with Gasteiger partial charge >= 0.3 is 0 Å². The van der Waals surface area contributed by atoms with Gasteiger partial charge in [-0.15, -0.1) is 11.3 Å². The number of aryl methyl sites for hydroxylation is 1. The van der Waals surface area contributed by atoms with Crippen LogP contribution in [0.2, 0.25) is 0 Å². The number of nitrogens with zero attached hydrogens (tertiary/aromatic N) is 1. The Kier molecular flexibility index (Phi) is 4.95. The Morgan fingerprint density at radius 3 is 2.50 bits per heavy atom. The molecule has 0 bridgehead atoms. The van der Waals surface area contributed by atoms with Gasteiger partial charge in [-0.3, -0.25) is 0 Å². The lowest BCUT2D eigenvalue weighted by Gasteiger charge is -2.14. The second-order valence-electron chi connectivity index (χ2n) is 6.20. The van der Waals surface area contributed by atoms with Crippen molar-refractivity contribution in [1.29, 1.82) is 0 Å². The van der Waals surface area contributed by atoms with Gasteiger partial charge in [0.1, 0.15) is 0 Å². The maximum atomic E-state index is 10.1. The molecule has 0 spiro atoms. The maximum absolute atomic E-state index is 10.1. The van der Waals surface area contributed by atoms with E-state index in [2.05, 4.69) is 31.1 Å². The summed E-state index contributed by atoms with van der Waals surface area (Å²) in [6.07, 6.45) is 2.34. The van der Waals surface area contributed by atoms with Gasteiger partial charge in [-0.1, -0.05) is 51.1 Å². The molecular weight excluding hydrogens is 266 g/mol. The monoisotopic (exact) mass is 289 g/mol. The van der Waals surface area contributed by atoms with Crippen LogP contribution >= 0.6 is 11.3 Å². The van der Waals surface area contributed by atoms with Crippen LogP contribution in [-0.2, 0) is 11.8 Å². The summed E-state index contributed by atoms with van der Waals surface area (Å²) in [6.45, 7) is 6.56. The first-order valence-electron chi connectivity index (χ1n) is 7.15. The van der Waals surface area contributed by atoms with Crippen molar-refractivity contribution in [2.75, 3.05) is 0 Å². The fourth-order valence-corrected chi connectivity index (χ4v) is 3.13. The van der Waals surface area contributed by atoms with Crippen LogP contribution in [0.1, 0.15) is 56.0 Å². The summed E-state index contributed by atoms with van der Waals surface area (Å²) >= 11 is 1.73. The molecule has 0 saturated carbocycles. The lowest BCUT2D eigenvalue weighted by Crippen LogP contribution is -2.11. The molecule has 2 nitrogen and oxygen atoms in total. The molecule has 1 atom stereocenters. The SMILES string of the molecule is CC(C)(C)c1csc(CCCC(O)c2ccccc2)n1. The molecule has 0 aliphatic heterocycles. The molecule has 0 aliphatic rings. The third-order valence-electron chi connectivity index (χ3n) is 3.37. The summed E-state index contributed by atoms with van der Waals surface area (Å²) in [4.78, 5) is 4.69. The Labute approximate surface area is 125 Å². The summed E-state index contributed by atoms with van der Waals surface area (Å²) in [5.74, 6) is 0. The molecule has 1 N–H and O–H groups in total. The fraction of sp³-hybridized carbons (Fsp3) is 0.471. The van der Waals surface area contributed by atoms with Gasteiger partial charge in [0, 0.05) is 10.8 Å². The maximum Gasteiger partial charge on any atom is 0.0928 e. The van der Waals surface area contributed by atoms with E-state index in [1.54, 1.807) is 11.3 Å². The molecule has 2 rings (SSSR count). The van der Waals surface area contributed by atoms with Gasteiger partial charge in [-0.05, 0) is 24.8 Å². The lowest BCUT2D eigenvalue weighted by molar-refractivity contribution is 0.164. The minimum atomic E-state index is -0.363.